The molecule has 116 valence electrons. The van der Waals surface area contributed by atoms with Crippen LogP contribution in [0.1, 0.15) is 26.3 Å². The molecule has 0 aromatic heterocycles. The highest BCUT2D eigenvalue weighted by atomic mass is 16.6. The van der Waals surface area contributed by atoms with Crippen molar-refractivity contribution in [3.05, 3.63) is 23.8 Å². The van der Waals surface area contributed by atoms with Gasteiger partial charge in [-0.3, -0.25) is 9.69 Å². The van der Waals surface area contributed by atoms with Gasteiger partial charge in [-0.25, -0.2) is 0 Å². The number of likely N-dealkylation sites (N-methyl/N-ethyl adjacent to an activating group) is 1. The summed E-state index contributed by atoms with van der Waals surface area (Å²) in [5.74, 6) is 1.33. The lowest BCUT2D eigenvalue weighted by atomic mass is 10.2. The van der Waals surface area contributed by atoms with Gasteiger partial charge in [-0.2, -0.15) is 0 Å². The Morgan fingerprint density at radius 1 is 1.24 bits per heavy atom. The normalized spacial score (nSPS) is 14.1. The quantitative estimate of drug-likeness (QED) is 0.797. The van der Waals surface area contributed by atoms with Crippen molar-refractivity contribution in [3.63, 3.8) is 0 Å². The van der Waals surface area contributed by atoms with Crippen LogP contribution in [0.2, 0.25) is 0 Å². The molecule has 5 heteroatoms. The first-order chi connectivity index (χ1) is 9.83. The number of esters is 1. The van der Waals surface area contributed by atoms with Crippen molar-refractivity contribution in [1.29, 1.82) is 0 Å². The molecule has 0 N–H and O–H groups in total. The summed E-state index contributed by atoms with van der Waals surface area (Å²) < 4.78 is 16.4. The summed E-state index contributed by atoms with van der Waals surface area (Å²) in [6.45, 7) is 7.67. The molecule has 0 unspecified atom stereocenters. The van der Waals surface area contributed by atoms with Crippen LogP contribution in [-0.2, 0) is 16.1 Å². The Morgan fingerprint density at radius 2 is 1.90 bits per heavy atom. The highest BCUT2D eigenvalue weighted by molar-refractivity contribution is 5.72. The number of fused-ring (bicyclic) bond motifs is 1. The second-order valence-corrected chi connectivity index (χ2v) is 6.24. The highest BCUT2D eigenvalue weighted by Gasteiger charge is 2.18. The van der Waals surface area contributed by atoms with Crippen LogP contribution in [0.4, 0.5) is 0 Å². The maximum absolute atomic E-state index is 11.8. The molecule has 1 aromatic carbocycles. The van der Waals surface area contributed by atoms with Gasteiger partial charge in [0.05, 0.1) is 6.54 Å². The van der Waals surface area contributed by atoms with Crippen molar-refractivity contribution in [2.45, 2.75) is 32.9 Å². The third-order valence-electron chi connectivity index (χ3n) is 2.88. The lowest BCUT2D eigenvalue weighted by molar-refractivity contribution is -0.155. The van der Waals surface area contributed by atoms with Crippen LogP contribution >= 0.6 is 0 Å². The number of rotatable bonds is 4. The van der Waals surface area contributed by atoms with Crippen LogP contribution < -0.4 is 9.47 Å². The number of ether oxygens (including phenoxy) is 3. The molecule has 0 amide bonds. The molecule has 21 heavy (non-hydrogen) atoms. The van der Waals surface area contributed by atoms with Gasteiger partial charge in [0, 0.05) is 6.54 Å². The third kappa shape index (κ3) is 4.93. The first-order valence-electron chi connectivity index (χ1n) is 7.12. The summed E-state index contributed by atoms with van der Waals surface area (Å²) >= 11 is 0. The van der Waals surface area contributed by atoms with Gasteiger partial charge in [0.2, 0.25) is 0 Å². The molecule has 0 radical (unpaired) electrons. The Labute approximate surface area is 125 Å². The summed E-state index contributed by atoms with van der Waals surface area (Å²) in [5, 5.41) is 0. The van der Waals surface area contributed by atoms with E-state index >= 15 is 0 Å². The summed E-state index contributed by atoms with van der Waals surface area (Å²) in [6.07, 6.45) is 0. The molecule has 1 heterocycles. The van der Waals surface area contributed by atoms with E-state index in [1.165, 1.54) is 0 Å². The molecule has 2 rings (SSSR count). The van der Waals surface area contributed by atoms with Gasteiger partial charge >= 0.3 is 5.97 Å². The number of benzene rings is 1. The molecule has 0 fully saturated rings. The Balaban J connectivity index is 1.90. The fraction of sp³-hybridized carbons (Fsp3) is 0.562. The van der Waals surface area contributed by atoms with Crippen LogP contribution in [0.3, 0.4) is 0 Å². The lowest BCUT2D eigenvalue weighted by Crippen LogP contribution is -2.32. The zero-order valence-corrected chi connectivity index (χ0v) is 13.1. The molecular weight excluding hydrogens is 270 g/mol. The number of hydrogen-bond donors (Lipinski definition) is 0. The largest absolute Gasteiger partial charge is 0.486 e. The van der Waals surface area contributed by atoms with Crippen LogP contribution in [-0.4, -0.2) is 43.3 Å². The Kier molecular flexibility index (Phi) is 4.73. The monoisotopic (exact) mass is 293 g/mol. The fourth-order valence-electron chi connectivity index (χ4n) is 2.15. The first-order valence-corrected chi connectivity index (χ1v) is 7.12. The number of carbonyl (C=O) groups excluding carboxylic acids is 1. The summed E-state index contributed by atoms with van der Waals surface area (Å²) in [5.41, 5.74) is 0.625. The van der Waals surface area contributed by atoms with Gasteiger partial charge in [-0.15, -0.1) is 0 Å². The van der Waals surface area contributed by atoms with E-state index in [0.29, 0.717) is 19.8 Å². The SMILES string of the molecule is CN(CC(=O)OC(C)(C)C)Cc1ccc2c(c1)OCCO2. The minimum absolute atomic E-state index is 0.220. The highest BCUT2D eigenvalue weighted by Crippen LogP contribution is 2.30. The number of carbonyl (C=O) groups is 1. The maximum Gasteiger partial charge on any atom is 0.320 e. The standard InChI is InChI=1S/C16H23NO4/c1-16(2,3)21-15(18)11-17(4)10-12-5-6-13-14(9-12)20-8-7-19-13/h5-6,9H,7-8,10-11H2,1-4H3. The molecule has 5 nitrogen and oxygen atoms in total. The van der Waals surface area contributed by atoms with E-state index in [0.717, 1.165) is 17.1 Å². The van der Waals surface area contributed by atoms with E-state index in [1.807, 2.05) is 50.9 Å². The zero-order chi connectivity index (χ0) is 15.5. The van der Waals surface area contributed by atoms with Gasteiger partial charge in [-0.1, -0.05) is 6.07 Å². The van der Waals surface area contributed by atoms with E-state index < -0.39 is 5.60 Å². The van der Waals surface area contributed by atoms with E-state index in [4.69, 9.17) is 14.2 Å². The molecule has 0 atom stereocenters. The topological polar surface area (TPSA) is 48.0 Å². The van der Waals surface area contributed by atoms with Gasteiger partial charge in [0.1, 0.15) is 18.8 Å². The predicted molar refractivity (Wildman–Crippen MR) is 79.6 cm³/mol. The minimum Gasteiger partial charge on any atom is -0.486 e. The van der Waals surface area contributed by atoms with Gasteiger partial charge in [0.25, 0.3) is 0 Å². The third-order valence-corrected chi connectivity index (χ3v) is 2.88. The fourth-order valence-corrected chi connectivity index (χ4v) is 2.15. The van der Waals surface area contributed by atoms with Gasteiger partial charge < -0.3 is 14.2 Å². The van der Waals surface area contributed by atoms with Crippen LogP contribution in [0.25, 0.3) is 0 Å². The molecule has 0 spiro atoms. The average molecular weight is 293 g/mol. The molecule has 1 aliphatic rings. The minimum atomic E-state index is -0.449. The van der Waals surface area contributed by atoms with Gasteiger partial charge in [0.15, 0.2) is 11.5 Å². The van der Waals surface area contributed by atoms with E-state index in [9.17, 15) is 4.79 Å². The second kappa shape index (κ2) is 6.35. The van der Waals surface area contributed by atoms with Crippen molar-refractivity contribution < 1.29 is 19.0 Å². The van der Waals surface area contributed by atoms with Crippen LogP contribution in [0.15, 0.2) is 18.2 Å². The predicted octanol–water partition coefficient (Wildman–Crippen LogP) is 2.23. The van der Waals surface area contributed by atoms with Gasteiger partial charge in [-0.05, 0) is 45.5 Å². The summed E-state index contributed by atoms with van der Waals surface area (Å²) in [4.78, 5) is 13.7. The van der Waals surface area contributed by atoms with E-state index in [-0.39, 0.29) is 12.5 Å². The molecular formula is C16H23NO4. The smallest absolute Gasteiger partial charge is 0.320 e. The second-order valence-electron chi connectivity index (χ2n) is 6.24. The Hall–Kier alpha value is -1.75. The molecule has 0 saturated heterocycles. The van der Waals surface area contributed by atoms with Crippen molar-refractivity contribution >= 4 is 5.97 Å². The number of nitrogens with zero attached hydrogens (tertiary/aromatic N) is 1. The zero-order valence-electron chi connectivity index (χ0n) is 13.1. The Morgan fingerprint density at radius 3 is 2.57 bits per heavy atom. The van der Waals surface area contributed by atoms with E-state index in [2.05, 4.69) is 0 Å². The van der Waals surface area contributed by atoms with Crippen molar-refractivity contribution in [2.24, 2.45) is 0 Å². The molecule has 0 aliphatic carbocycles. The van der Waals surface area contributed by atoms with Crippen molar-refractivity contribution in [3.8, 4) is 11.5 Å². The average Bonchev–Trinajstić information content (AvgIpc) is 2.35. The van der Waals surface area contributed by atoms with Crippen LogP contribution in [0.5, 0.6) is 11.5 Å². The molecule has 1 aromatic rings. The Bertz CT molecular complexity index is 507. The summed E-state index contributed by atoms with van der Waals surface area (Å²) in [7, 11) is 1.89. The molecule has 1 aliphatic heterocycles. The number of hydrogen-bond acceptors (Lipinski definition) is 5. The summed E-state index contributed by atoms with van der Waals surface area (Å²) in [6, 6.07) is 5.85. The first kappa shape index (κ1) is 15.6. The maximum atomic E-state index is 11.8. The van der Waals surface area contributed by atoms with Crippen molar-refractivity contribution in [2.75, 3.05) is 26.8 Å². The van der Waals surface area contributed by atoms with E-state index in [1.54, 1.807) is 0 Å². The van der Waals surface area contributed by atoms with Crippen LogP contribution in [0, 0.1) is 0 Å². The molecule has 0 saturated carbocycles. The van der Waals surface area contributed by atoms with Crippen molar-refractivity contribution in [1.82, 2.24) is 4.90 Å². The lowest BCUT2D eigenvalue weighted by Gasteiger charge is -2.23. The molecule has 0 bridgehead atoms.